The van der Waals surface area contributed by atoms with E-state index in [0.29, 0.717) is 5.56 Å². The normalized spacial score (nSPS) is 17.8. The Kier molecular flexibility index (Phi) is 6.61. The van der Waals surface area contributed by atoms with Gasteiger partial charge in [0.05, 0.1) is 18.7 Å². The van der Waals surface area contributed by atoms with Crippen molar-refractivity contribution in [3.8, 4) is 5.75 Å². The molecule has 9 heteroatoms. The van der Waals surface area contributed by atoms with Crippen LogP contribution in [0.3, 0.4) is 0 Å². The van der Waals surface area contributed by atoms with Crippen molar-refractivity contribution in [2.24, 2.45) is 0 Å². The molecule has 198 valence electrons. The Labute approximate surface area is 222 Å². The van der Waals surface area contributed by atoms with Gasteiger partial charge in [0.15, 0.2) is 5.82 Å². The van der Waals surface area contributed by atoms with E-state index in [1.807, 2.05) is 23.7 Å². The molecular formula is C29H35N7O2. The number of methoxy groups -OCH3 is 1. The second-order valence-electron chi connectivity index (χ2n) is 10.6. The van der Waals surface area contributed by atoms with E-state index < -0.39 is 0 Å². The molecule has 9 nitrogen and oxygen atoms in total. The molecule has 1 aliphatic carbocycles. The lowest BCUT2D eigenvalue weighted by atomic mass is 10.00. The number of benzene rings is 2. The first-order valence-electron chi connectivity index (χ1n) is 13.6. The van der Waals surface area contributed by atoms with Crippen molar-refractivity contribution in [3.63, 3.8) is 0 Å². The monoisotopic (exact) mass is 513 g/mol. The summed E-state index contributed by atoms with van der Waals surface area (Å²) in [5.74, 6) is 1.62. The molecule has 2 aliphatic rings. The minimum absolute atomic E-state index is 0.0759. The van der Waals surface area contributed by atoms with Crippen molar-refractivity contribution < 1.29 is 4.74 Å². The van der Waals surface area contributed by atoms with Crippen LogP contribution in [0.15, 0.2) is 47.3 Å². The molecule has 1 saturated heterocycles. The molecule has 1 atom stereocenters. The van der Waals surface area contributed by atoms with Gasteiger partial charge in [0.2, 0.25) is 0 Å². The van der Waals surface area contributed by atoms with Crippen LogP contribution in [0.4, 0.5) is 5.69 Å². The number of ether oxygens (including phenoxy) is 1. The SMILES string of the molecule is COc1ccc(N2CCN([C@H](c3cc4cc(C)cc(C)c4[nH]c3=O)c3nnnn3C3CCCC3)CC2)cc1. The molecule has 2 fully saturated rings. The van der Waals surface area contributed by atoms with Gasteiger partial charge in [-0.2, -0.15) is 0 Å². The van der Waals surface area contributed by atoms with E-state index in [-0.39, 0.29) is 17.6 Å². The molecule has 0 amide bonds. The summed E-state index contributed by atoms with van der Waals surface area (Å²) in [6, 6.07) is 14.5. The van der Waals surface area contributed by atoms with Crippen molar-refractivity contribution in [3.05, 3.63) is 75.3 Å². The summed E-state index contributed by atoms with van der Waals surface area (Å²) in [5, 5.41) is 14.1. The average molecular weight is 514 g/mol. The molecule has 2 aromatic carbocycles. The number of rotatable bonds is 6. The van der Waals surface area contributed by atoms with Gasteiger partial charge in [-0.25, -0.2) is 4.68 Å². The summed E-state index contributed by atoms with van der Waals surface area (Å²) in [6.07, 6.45) is 4.51. The summed E-state index contributed by atoms with van der Waals surface area (Å²) < 4.78 is 7.32. The zero-order chi connectivity index (χ0) is 26.2. The van der Waals surface area contributed by atoms with Crippen LogP contribution >= 0.6 is 0 Å². The maximum absolute atomic E-state index is 13.6. The Balaban J connectivity index is 1.38. The largest absolute Gasteiger partial charge is 0.497 e. The molecule has 4 aromatic rings. The third-order valence-corrected chi connectivity index (χ3v) is 8.17. The Hall–Kier alpha value is -3.72. The van der Waals surface area contributed by atoms with Gasteiger partial charge in [-0.05, 0) is 84.5 Å². The highest BCUT2D eigenvalue weighted by atomic mass is 16.5. The van der Waals surface area contributed by atoms with Gasteiger partial charge in [-0.15, -0.1) is 5.10 Å². The molecule has 0 bridgehead atoms. The predicted molar refractivity (Wildman–Crippen MR) is 148 cm³/mol. The molecule has 1 saturated carbocycles. The lowest BCUT2D eigenvalue weighted by Gasteiger charge is -2.39. The van der Waals surface area contributed by atoms with E-state index in [0.717, 1.165) is 67.1 Å². The molecule has 38 heavy (non-hydrogen) atoms. The second-order valence-corrected chi connectivity index (χ2v) is 10.6. The molecule has 0 radical (unpaired) electrons. The Morgan fingerprint density at radius 2 is 1.74 bits per heavy atom. The fourth-order valence-electron chi connectivity index (χ4n) is 6.23. The lowest BCUT2D eigenvalue weighted by Crippen LogP contribution is -2.49. The number of aromatic nitrogens is 5. The molecule has 1 N–H and O–H groups in total. The van der Waals surface area contributed by atoms with Gasteiger partial charge in [0, 0.05) is 37.4 Å². The number of fused-ring (bicyclic) bond motifs is 1. The number of hydrogen-bond donors (Lipinski definition) is 1. The lowest BCUT2D eigenvalue weighted by molar-refractivity contribution is 0.197. The third-order valence-electron chi connectivity index (χ3n) is 8.17. The Bertz CT molecular complexity index is 1480. The Morgan fingerprint density at radius 3 is 2.45 bits per heavy atom. The quantitative estimate of drug-likeness (QED) is 0.414. The summed E-state index contributed by atoms with van der Waals surface area (Å²) in [7, 11) is 1.68. The first kappa shape index (κ1) is 24.6. The number of nitrogens with zero attached hydrogens (tertiary/aromatic N) is 6. The highest BCUT2D eigenvalue weighted by molar-refractivity contribution is 5.83. The van der Waals surface area contributed by atoms with Crippen LogP contribution in [0.2, 0.25) is 0 Å². The number of hydrogen-bond acceptors (Lipinski definition) is 7. The zero-order valence-corrected chi connectivity index (χ0v) is 22.4. The van der Waals surface area contributed by atoms with E-state index in [4.69, 9.17) is 4.74 Å². The molecular weight excluding hydrogens is 478 g/mol. The standard InChI is InChI=1S/C29H35N7O2/c1-19-16-20(2)26-21(17-19)18-25(29(37)30-26)27(28-31-32-33-36(28)23-6-4-5-7-23)35-14-12-34(13-15-35)22-8-10-24(38-3)11-9-22/h8-11,16-18,23,27H,4-7,12-15H2,1-3H3,(H,30,37)/t27-/m1/s1. The van der Waals surface area contributed by atoms with Gasteiger partial charge in [-0.3, -0.25) is 9.69 Å². The van der Waals surface area contributed by atoms with Gasteiger partial charge in [0.25, 0.3) is 5.56 Å². The summed E-state index contributed by atoms with van der Waals surface area (Å²) in [5.41, 5.74) is 4.94. The summed E-state index contributed by atoms with van der Waals surface area (Å²) in [4.78, 5) is 21.6. The van der Waals surface area contributed by atoms with E-state index in [2.05, 4.69) is 67.6 Å². The van der Waals surface area contributed by atoms with Crippen molar-refractivity contribution in [2.45, 2.75) is 51.6 Å². The highest BCUT2D eigenvalue weighted by Gasteiger charge is 2.34. The number of piperazine rings is 1. The van der Waals surface area contributed by atoms with Crippen molar-refractivity contribution in [1.82, 2.24) is 30.1 Å². The Morgan fingerprint density at radius 1 is 1.00 bits per heavy atom. The number of aromatic amines is 1. The van der Waals surface area contributed by atoms with Crippen molar-refractivity contribution in [1.29, 1.82) is 0 Å². The number of H-pyrrole nitrogens is 1. The molecule has 1 aliphatic heterocycles. The third kappa shape index (κ3) is 4.55. The number of anilines is 1. The topological polar surface area (TPSA) is 92.2 Å². The van der Waals surface area contributed by atoms with E-state index in [1.54, 1.807) is 7.11 Å². The van der Waals surface area contributed by atoms with Crippen LogP contribution < -0.4 is 15.2 Å². The number of pyridine rings is 1. The molecule has 3 heterocycles. The number of aryl methyl sites for hydroxylation is 2. The molecule has 2 aromatic heterocycles. The van der Waals surface area contributed by atoms with E-state index in [1.165, 1.54) is 24.1 Å². The molecule has 0 unspecified atom stereocenters. The summed E-state index contributed by atoms with van der Waals surface area (Å²) in [6.45, 7) is 7.40. The van der Waals surface area contributed by atoms with Crippen LogP contribution in [0.25, 0.3) is 10.9 Å². The second kappa shape index (κ2) is 10.2. The smallest absolute Gasteiger partial charge is 0.253 e. The number of tetrazole rings is 1. The summed E-state index contributed by atoms with van der Waals surface area (Å²) >= 11 is 0. The minimum Gasteiger partial charge on any atom is -0.497 e. The fourth-order valence-corrected chi connectivity index (χ4v) is 6.23. The minimum atomic E-state index is -0.322. The first-order chi connectivity index (χ1) is 18.5. The van der Waals surface area contributed by atoms with Gasteiger partial charge < -0.3 is 14.6 Å². The number of nitrogens with one attached hydrogen (secondary N) is 1. The van der Waals surface area contributed by atoms with Gasteiger partial charge in [-0.1, -0.05) is 24.5 Å². The first-order valence-corrected chi connectivity index (χ1v) is 13.6. The maximum Gasteiger partial charge on any atom is 0.253 e. The van der Waals surface area contributed by atoms with Crippen LogP contribution in [0, 0.1) is 13.8 Å². The fraction of sp³-hybridized carbons (Fsp3) is 0.448. The van der Waals surface area contributed by atoms with Crippen LogP contribution in [0.5, 0.6) is 5.75 Å². The average Bonchev–Trinajstić information content (AvgIpc) is 3.63. The molecule has 0 spiro atoms. The maximum atomic E-state index is 13.6. The van der Waals surface area contributed by atoms with Crippen LogP contribution in [-0.4, -0.2) is 63.4 Å². The highest BCUT2D eigenvalue weighted by Crippen LogP contribution is 2.35. The van der Waals surface area contributed by atoms with Crippen LogP contribution in [0.1, 0.15) is 60.3 Å². The van der Waals surface area contributed by atoms with Gasteiger partial charge >= 0.3 is 0 Å². The molecule has 6 rings (SSSR count). The van der Waals surface area contributed by atoms with Crippen LogP contribution in [-0.2, 0) is 0 Å². The van der Waals surface area contributed by atoms with Crippen molar-refractivity contribution >= 4 is 16.6 Å². The van der Waals surface area contributed by atoms with Crippen molar-refractivity contribution in [2.75, 3.05) is 38.2 Å². The predicted octanol–water partition coefficient (Wildman–Crippen LogP) is 4.17. The van der Waals surface area contributed by atoms with Gasteiger partial charge in [0.1, 0.15) is 11.8 Å². The van der Waals surface area contributed by atoms with E-state index >= 15 is 0 Å². The van der Waals surface area contributed by atoms with E-state index in [9.17, 15) is 4.79 Å². The zero-order valence-electron chi connectivity index (χ0n) is 22.4.